The number of hydrogen-bond acceptors (Lipinski definition) is 6. The van der Waals surface area contributed by atoms with Gasteiger partial charge in [0, 0.05) is 13.3 Å². The van der Waals surface area contributed by atoms with Crippen LogP contribution in [-0.2, 0) is 4.74 Å². The topological polar surface area (TPSA) is 87.1 Å². The van der Waals surface area contributed by atoms with Gasteiger partial charge in [0.05, 0.1) is 5.56 Å². The molecule has 2 rings (SSSR count). The third kappa shape index (κ3) is 2.42. The SMILES string of the molecule is CCC(OC)c1noc(-c2ccc(N)nc2)n1. The average molecular weight is 234 g/mol. The Bertz CT molecular complexity index is 476. The summed E-state index contributed by atoms with van der Waals surface area (Å²) < 4.78 is 10.4. The number of nitrogen functional groups attached to an aromatic ring is 1. The Morgan fingerprint density at radius 1 is 1.47 bits per heavy atom. The van der Waals surface area contributed by atoms with Crippen LogP contribution in [0.15, 0.2) is 22.9 Å². The van der Waals surface area contributed by atoms with Gasteiger partial charge in [0.15, 0.2) is 0 Å². The normalized spacial score (nSPS) is 12.6. The summed E-state index contributed by atoms with van der Waals surface area (Å²) in [5, 5.41) is 3.89. The van der Waals surface area contributed by atoms with E-state index >= 15 is 0 Å². The minimum Gasteiger partial charge on any atom is -0.384 e. The Labute approximate surface area is 98.8 Å². The third-order valence-corrected chi connectivity index (χ3v) is 2.42. The zero-order valence-corrected chi connectivity index (χ0v) is 9.75. The van der Waals surface area contributed by atoms with E-state index in [1.165, 1.54) is 0 Å². The maximum absolute atomic E-state index is 5.50. The van der Waals surface area contributed by atoms with Crippen LogP contribution in [-0.4, -0.2) is 22.2 Å². The van der Waals surface area contributed by atoms with Crippen molar-refractivity contribution in [1.29, 1.82) is 0 Å². The standard InChI is InChI=1S/C11H14N4O2/c1-3-8(16-2)10-14-11(17-15-10)7-4-5-9(12)13-6-7/h4-6,8H,3H2,1-2H3,(H2,12,13). The molecule has 0 amide bonds. The van der Waals surface area contributed by atoms with Gasteiger partial charge in [-0.2, -0.15) is 4.98 Å². The number of nitrogens with two attached hydrogens (primary N) is 1. The molecule has 2 aromatic rings. The zero-order chi connectivity index (χ0) is 12.3. The van der Waals surface area contributed by atoms with E-state index in [1.807, 2.05) is 6.92 Å². The molecule has 1 unspecified atom stereocenters. The number of pyridine rings is 1. The van der Waals surface area contributed by atoms with Gasteiger partial charge in [-0.15, -0.1) is 0 Å². The van der Waals surface area contributed by atoms with Crippen molar-refractivity contribution in [2.24, 2.45) is 0 Å². The highest BCUT2D eigenvalue weighted by Gasteiger charge is 2.16. The summed E-state index contributed by atoms with van der Waals surface area (Å²) in [5.74, 6) is 1.42. The quantitative estimate of drug-likeness (QED) is 0.868. The predicted octanol–water partition coefficient (Wildman–Crippen LogP) is 1.81. The minimum absolute atomic E-state index is 0.144. The van der Waals surface area contributed by atoms with Crippen LogP contribution in [0.1, 0.15) is 25.3 Å². The fraction of sp³-hybridized carbons (Fsp3) is 0.364. The maximum atomic E-state index is 5.50. The first-order valence-corrected chi connectivity index (χ1v) is 5.33. The van der Waals surface area contributed by atoms with E-state index in [9.17, 15) is 0 Å². The highest BCUT2D eigenvalue weighted by Crippen LogP contribution is 2.22. The Balaban J connectivity index is 2.26. The molecule has 0 aliphatic rings. The molecule has 6 heteroatoms. The van der Waals surface area contributed by atoms with Crippen LogP contribution in [0.25, 0.3) is 11.5 Å². The van der Waals surface area contributed by atoms with Gasteiger partial charge in [-0.3, -0.25) is 0 Å². The Morgan fingerprint density at radius 3 is 2.88 bits per heavy atom. The number of hydrogen-bond donors (Lipinski definition) is 1. The number of anilines is 1. The molecule has 17 heavy (non-hydrogen) atoms. The molecule has 2 N–H and O–H groups in total. The first-order chi connectivity index (χ1) is 8.24. The van der Waals surface area contributed by atoms with E-state index < -0.39 is 0 Å². The smallest absolute Gasteiger partial charge is 0.259 e. The second kappa shape index (κ2) is 4.92. The lowest BCUT2D eigenvalue weighted by atomic mass is 10.2. The molecule has 0 saturated heterocycles. The van der Waals surface area contributed by atoms with Gasteiger partial charge in [-0.1, -0.05) is 12.1 Å². The van der Waals surface area contributed by atoms with Gasteiger partial charge in [0.25, 0.3) is 5.89 Å². The summed E-state index contributed by atoms with van der Waals surface area (Å²) in [6.07, 6.45) is 2.24. The second-order valence-electron chi connectivity index (χ2n) is 3.56. The highest BCUT2D eigenvalue weighted by atomic mass is 16.5. The summed E-state index contributed by atoms with van der Waals surface area (Å²) in [6, 6.07) is 3.47. The van der Waals surface area contributed by atoms with Gasteiger partial charge in [0.1, 0.15) is 11.9 Å². The van der Waals surface area contributed by atoms with Crippen molar-refractivity contribution in [1.82, 2.24) is 15.1 Å². The van der Waals surface area contributed by atoms with Crippen LogP contribution in [0.2, 0.25) is 0 Å². The Morgan fingerprint density at radius 2 is 2.29 bits per heavy atom. The van der Waals surface area contributed by atoms with Gasteiger partial charge in [0.2, 0.25) is 5.82 Å². The Kier molecular flexibility index (Phi) is 3.34. The second-order valence-corrected chi connectivity index (χ2v) is 3.56. The fourth-order valence-electron chi connectivity index (χ4n) is 1.47. The van der Waals surface area contributed by atoms with Crippen molar-refractivity contribution in [3.05, 3.63) is 24.2 Å². The van der Waals surface area contributed by atoms with Crippen LogP contribution in [0.3, 0.4) is 0 Å². The van der Waals surface area contributed by atoms with Crippen molar-refractivity contribution < 1.29 is 9.26 Å². The van der Waals surface area contributed by atoms with E-state index in [2.05, 4.69) is 15.1 Å². The molecule has 2 aromatic heterocycles. The molecule has 0 aliphatic carbocycles. The fourth-order valence-corrected chi connectivity index (χ4v) is 1.47. The van der Waals surface area contributed by atoms with Gasteiger partial charge < -0.3 is 15.0 Å². The summed E-state index contributed by atoms with van der Waals surface area (Å²) in [7, 11) is 1.62. The molecule has 1 atom stereocenters. The molecule has 0 saturated carbocycles. The Hall–Kier alpha value is -1.95. The van der Waals surface area contributed by atoms with Crippen molar-refractivity contribution in [2.75, 3.05) is 12.8 Å². The number of methoxy groups -OCH3 is 1. The molecular weight excluding hydrogens is 220 g/mol. The van der Waals surface area contributed by atoms with Crippen LogP contribution in [0.4, 0.5) is 5.82 Å². The van der Waals surface area contributed by atoms with E-state index in [-0.39, 0.29) is 6.10 Å². The monoisotopic (exact) mass is 234 g/mol. The third-order valence-electron chi connectivity index (χ3n) is 2.42. The maximum Gasteiger partial charge on any atom is 0.259 e. The molecule has 0 bridgehead atoms. The summed E-state index contributed by atoms with van der Waals surface area (Å²) >= 11 is 0. The van der Waals surface area contributed by atoms with Crippen LogP contribution >= 0.6 is 0 Å². The molecule has 0 aliphatic heterocycles. The number of rotatable bonds is 4. The average Bonchev–Trinajstić information content (AvgIpc) is 2.81. The van der Waals surface area contributed by atoms with E-state index in [0.717, 1.165) is 12.0 Å². The van der Waals surface area contributed by atoms with Gasteiger partial charge in [-0.25, -0.2) is 4.98 Å². The lowest BCUT2D eigenvalue weighted by Crippen LogP contribution is -2.01. The van der Waals surface area contributed by atoms with Crippen molar-refractivity contribution in [2.45, 2.75) is 19.4 Å². The molecule has 90 valence electrons. The van der Waals surface area contributed by atoms with E-state index in [4.69, 9.17) is 15.0 Å². The zero-order valence-electron chi connectivity index (χ0n) is 9.75. The van der Waals surface area contributed by atoms with Crippen molar-refractivity contribution in [3.8, 4) is 11.5 Å². The summed E-state index contributed by atoms with van der Waals surface area (Å²) in [5.41, 5.74) is 6.24. The van der Waals surface area contributed by atoms with Crippen molar-refractivity contribution in [3.63, 3.8) is 0 Å². The molecule has 6 nitrogen and oxygen atoms in total. The van der Waals surface area contributed by atoms with Gasteiger partial charge >= 0.3 is 0 Å². The van der Waals surface area contributed by atoms with Gasteiger partial charge in [-0.05, 0) is 18.6 Å². The first kappa shape index (κ1) is 11.5. The van der Waals surface area contributed by atoms with E-state index in [0.29, 0.717) is 17.5 Å². The lowest BCUT2D eigenvalue weighted by molar-refractivity contribution is 0.0903. The predicted molar refractivity (Wildman–Crippen MR) is 62.0 cm³/mol. The van der Waals surface area contributed by atoms with Crippen LogP contribution in [0.5, 0.6) is 0 Å². The molecule has 0 spiro atoms. The summed E-state index contributed by atoms with van der Waals surface area (Å²) in [4.78, 5) is 8.24. The number of aromatic nitrogens is 3. The molecular formula is C11H14N4O2. The number of ether oxygens (including phenoxy) is 1. The van der Waals surface area contributed by atoms with Crippen molar-refractivity contribution >= 4 is 5.82 Å². The first-order valence-electron chi connectivity index (χ1n) is 5.33. The summed E-state index contributed by atoms with van der Waals surface area (Å²) in [6.45, 7) is 2.00. The number of nitrogens with zero attached hydrogens (tertiary/aromatic N) is 3. The highest BCUT2D eigenvalue weighted by molar-refractivity contribution is 5.53. The molecule has 0 aromatic carbocycles. The molecule has 0 radical (unpaired) electrons. The van der Waals surface area contributed by atoms with Crippen LogP contribution in [0, 0.1) is 0 Å². The largest absolute Gasteiger partial charge is 0.384 e. The lowest BCUT2D eigenvalue weighted by Gasteiger charge is -2.05. The van der Waals surface area contributed by atoms with Crippen LogP contribution < -0.4 is 5.73 Å². The molecule has 2 heterocycles. The minimum atomic E-state index is -0.144. The molecule has 0 fully saturated rings. The van der Waals surface area contributed by atoms with E-state index in [1.54, 1.807) is 25.4 Å².